The first kappa shape index (κ1) is 15.8. The maximum atomic E-state index is 13.8. The number of pyridine rings is 1. The Kier molecular flexibility index (Phi) is 4.93. The third-order valence-electron chi connectivity index (χ3n) is 3.27. The summed E-state index contributed by atoms with van der Waals surface area (Å²) in [6.07, 6.45) is 4.02. The summed E-state index contributed by atoms with van der Waals surface area (Å²) in [4.78, 5) is 17.1. The number of aryl methyl sites for hydroxylation is 1. The van der Waals surface area contributed by atoms with Crippen molar-refractivity contribution in [1.29, 1.82) is 0 Å². The third kappa shape index (κ3) is 3.52. The van der Waals surface area contributed by atoms with Crippen molar-refractivity contribution in [3.05, 3.63) is 60.1 Å². The van der Waals surface area contributed by atoms with Gasteiger partial charge in [-0.3, -0.25) is 4.79 Å². The van der Waals surface area contributed by atoms with Gasteiger partial charge in [0, 0.05) is 5.56 Å². The lowest BCUT2D eigenvalue weighted by Crippen LogP contribution is -2.29. The molecule has 0 fully saturated rings. The molecule has 0 N–H and O–H groups in total. The highest BCUT2D eigenvalue weighted by atomic mass is 19.1. The van der Waals surface area contributed by atoms with Crippen molar-refractivity contribution >= 4 is 5.91 Å². The van der Waals surface area contributed by atoms with Crippen molar-refractivity contribution in [1.82, 2.24) is 9.88 Å². The van der Waals surface area contributed by atoms with Crippen molar-refractivity contribution in [3.8, 4) is 5.75 Å². The molecule has 0 aliphatic carbocycles. The molecule has 2 heterocycles. The Morgan fingerprint density at radius 2 is 2.32 bits per heavy atom. The number of halogens is 1. The van der Waals surface area contributed by atoms with Gasteiger partial charge in [0.2, 0.25) is 11.9 Å². The van der Waals surface area contributed by atoms with Crippen molar-refractivity contribution < 1.29 is 18.3 Å². The normalized spacial score (nSPS) is 10.3. The summed E-state index contributed by atoms with van der Waals surface area (Å²) in [7, 11) is 1.47. The van der Waals surface area contributed by atoms with Gasteiger partial charge in [-0.15, -0.1) is 0 Å². The van der Waals surface area contributed by atoms with Gasteiger partial charge in [-0.2, -0.15) is 4.39 Å². The second-order valence-corrected chi connectivity index (χ2v) is 4.75. The molecule has 0 radical (unpaired) electrons. The molecule has 2 aromatic heterocycles. The second-order valence-electron chi connectivity index (χ2n) is 4.75. The molecular formula is C16H17FN2O3. The number of methoxy groups -OCH3 is 1. The summed E-state index contributed by atoms with van der Waals surface area (Å²) in [6, 6.07) is 3.32. The first-order valence-corrected chi connectivity index (χ1v) is 6.68. The Hall–Kier alpha value is -2.63. The van der Waals surface area contributed by atoms with Crippen molar-refractivity contribution in [2.75, 3.05) is 7.11 Å². The van der Waals surface area contributed by atoms with E-state index in [1.54, 1.807) is 12.3 Å². The molecule has 22 heavy (non-hydrogen) atoms. The SMILES string of the molecule is C=CC(=O)N(Cc1cc(OC)cnc1F)Cc1occc1C. The van der Waals surface area contributed by atoms with E-state index in [0.29, 0.717) is 11.5 Å². The van der Waals surface area contributed by atoms with Crippen LogP contribution in [0.2, 0.25) is 0 Å². The molecule has 0 atom stereocenters. The van der Waals surface area contributed by atoms with Crippen molar-refractivity contribution in [2.45, 2.75) is 20.0 Å². The molecular weight excluding hydrogens is 287 g/mol. The van der Waals surface area contributed by atoms with Gasteiger partial charge >= 0.3 is 0 Å². The summed E-state index contributed by atoms with van der Waals surface area (Å²) in [5.74, 6) is 0.111. The predicted octanol–water partition coefficient (Wildman–Crippen LogP) is 2.85. The minimum absolute atomic E-state index is 0.0427. The summed E-state index contributed by atoms with van der Waals surface area (Å²) in [5, 5.41) is 0. The van der Waals surface area contributed by atoms with Gasteiger partial charge in [0.05, 0.1) is 32.7 Å². The van der Waals surface area contributed by atoms with Gasteiger partial charge in [-0.25, -0.2) is 4.98 Å². The minimum Gasteiger partial charge on any atom is -0.495 e. The van der Waals surface area contributed by atoms with Crippen LogP contribution in [0, 0.1) is 12.9 Å². The number of rotatable bonds is 6. The lowest BCUT2D eigenvalue weighted by atomic mass is 10.2. The van der Waals surface area contributed by atoms with Crippen LogP contribution in [0.25, 0.3) is 0 Å². The molecule has 0 aliphatic heterocycles. The Labute approximate surface area is 128 Å². The maximum absolute atomic E-state index is 13.8. The fourth-order valence-corrected chi connectivity index (χ4v) is 1.98. The van der Waals surface area contributed by atoms with Crippen LogP contribution in [0.1, 0.15) is 16.9 Å². The number of nitrogens with zero attached hydrogens (tertiary/aromatic N) is 2. The van der Waals surface area contributed by atoms with E-state index >= 15 is 0 Å². The van der Waals surface area contributed by atoms with Crippen molar-refractivity contribution in [2.24, 2.45) is 0 Å². The van der Waals surface area contributed by atoms with E-state index in [9.17, 15) is 9.18 Å². The molecule has 0 saturated carbocycles. The Bertz CT molecular complexity index is 682. The first-order chi connectivity index (χ1) is 10.5. The largest absolute Gasteiger partial charge is 0.495 e. The lowest BCUT2D eigenvalue weighted by Gasteiger charge is -2.21. The second kappa shape index (κ2) is 6.89. The fraction of sp³-hybridized carbons (Fsp3) is 0.250. The van der Waals surface area contributed by atoms with E-state index in [-0.39, 0.29) is 24.6 Å². The smallest absolute Gasteiger partial charge is 0.246 e. The van der Waals surface area contributed by atoms with Crippen LogP contribution < -0.4 is 4.74 Å². The number of aromatic nitrogens is 1. The highest BCUT2D eigenvalue weighted by Gasteiger charge is 2.17. The number of hydrogen-bond acceptors (Lipinski definition) is 4. The molecule has 0 saturated heterocycles. The summed E-state index contributed by atoms with van der Waals surface area (Å²) >= 11 is 0. The van der Waals surface area contributed by atoms with Gasteiger partial charge in [0.15, 0.2) is 0 Å². The van der Waals surface area contributed by atoms with Crippen molar-refractivity contribution in [3.63, 3.8) is 0 Å². The molecule has 0 bridgehead atoms. The van der Waals surface area contributed by atoms with Crippen LogP contribution in [0.4, 0.5) is 4.39 Å². The van der Waals surface area contributed by atoms with Gasteiger partial charge in [-0.1, -0.05) is 6.58 Å². The predicted molar refractivity (Wildman–Crippen MR) is 78.6 cm³/mol. The molecule has 0 spiro atoms. The lowest BCUT2D eigenvalue weighted by molar-refractivity contribution is -0.127. The fourth-order valence-electron chi connectivity index (χ4n) is 1.98. The Balaban J connectivity index is 2.25. The average molecular weight is 304 g/mol. The van der Waals surface area contributed by atoms with Crippen LogP contribution in [-0.2, 0) is 17.9 Å². The van der Waals surface area contributed by atoms with Gasteiger partial charge < -0.3 is 14.1 Å². The zero-order valence-corrected chi connectivity index (χ0v) is 12.5. The molecule has 1 amide bonds. The zero-order chi connectivity index (χ0) is 16.1. The summed E-state index contributed by atoms with van der Waals surface area (Å²) in [5.41, 5.74) is 1.19. The van der Waals surface area contributed by atoms with Crippen LogP contribution in [0.15, 0.2) is 41.7 Å². The van der Waals surface area contributed by atoms with Gasteiger partial charge in [-0.05, 0) is 30.7 Å². The number of carbonyl (C=O) groups excluding carboxylic acids is 1. The molecule has 2 rings (SSSR count). The van der Waals surface area contributed by atoms with E-state index in [1.807, 2.05) is 6.92 Å². The third-order valence-corrected chi connectivity index (χ3v) is 3.27. The van der Waals surface area contributed by atoms with E-state index in [1.165, 1.54) is 30.3 Å². The number of hydrogen-bond donors (Lipinski definition) is 0. The number of ether oxygens (including phenoxy) is 1. The molecule has 0 unspecified atom stereocenters. The quantitative estimate of drug-likeness (QED) is 0.608. The van der Waals surface area contributed by atoms with E-state index in [2.05, 4.69) is 11.6 Å². The summed E-state index contributed by atoms with van der Waals surface area (Å²) < 4.78 is 24.2. The number of furan rings is 1. The highest BCUT2D eigenvalue weighted by molar-refractivity contribution is 5.86. The molecule has 116 valence electrons. The monoisotopic (exact) mass is 304 g/mol. The van der Waals surface area contributed by atoms with Gasteiger partial charge in [0.25, 0.3) is 0 Å². The Morgan fingerprint density at radius 3 is 2.91 bits per heavy atom. The average Bonchev–Trinajstić information content (AvgIpc) is 2.93. The van der Waals surface area contributed by atoms with Crippen LogP contribution in [0.3, 0.4) is 0 Å². The summed E-state index contributed by atoms with van der Waals surface area (Å²) in [6.45, 7) is 5.62. The zero-order valence-electron chi connectivity index (χ0n) is 12.5. The van der Waals surface area contributed by atoms with E-state index in [4.69, 9.17) is 9.15 Å². The first-order valence-electron chi connectivity index (χ1n) is 6.68. The highest BCUT2D eigenvalue weighted by Crippen LogP contribution is 2.19. The minimum atomic E-state index is -0.640. The van der Waals surface area contributed by atoms with Crippen LogP contribution in [-0.4, -0.2) is 22.9 Å². The van der Waals surface area contributed by atoms with Crippen LogP contribution >= 0.6 is 0 Å². The maximum Gasteiger partial charge on any atom is 0.246 e. The number of carbonyl (C=O) groups is 1. The molecule has 6 heteroatoms. The number of amides is 1. The van der Waals surface area contributed by atoms with E-state index in [0.717, 1.165) is 5.56 Å². The molecule has 2 aromatic rings. The standard InChI is InChI=1S/C16H17FN2O3/c1-4-15(20)19(10-14-11(2)5-6-22-14)9-12-7-13(21-3)8-18-16(12)17/h4-8H,1,9-10H2,2-3H3. The van der Waals surface area contributed by atoms with Crippen LogP contribution in [0.5, 0.6) is 5.75 Å². The molecule has 0 aromatic carbocycles. The molecule has 0 aliphatic rings. The molecule has 5 nitrogen and oxygen atoms in total. The topological polar surface area (TPSA) is 55.6 Å². The Morgan fingerprint density at radius 1 is 1.55 bits per heavy atom. The van der Waals surface area contributed by atoms with E-state index < -0.39 is 5.95 Å². The van der Waals surface area contributed by atoms with Gasteiger partial charge in [0.1, 0.15) is 11.5 Å².